The summed E-state index contributed by atoms with van der Waals surface area (Å²) in [5.74, 6) is 0.473. The third kappa shape index (κ3) is 4.49. The molecular weight excluding hydrogens is 396 g/mol. The van der Waals surface area contributed by atoms with Gasteiger partial charge in [-0.2, -0.15) is 5.10 Å². The van der Waals surface area contributed by atoms with Gasteiger partial charge in [0.05, 0.1) is 16.2 Å². The molecule has 0 spiro atoms. The molecule has 0 radical (unpaired) electrons. The first-order valence-electron chi connectivity index (χ1n) is 8.16. The predicted octanol–water partition coefficient (Wildman–Crippen LogP) is 3.59. The van der Waals surface area contributed by atoms with Crippen molar-refractivity contribution in [1.29, 1.82) is 0 Å². The van der Waals surface area contributed by atoms with Crippen LogP contribution in [0.25, 0.3) is 5.69 Å². The van der Waals surface area contributed by atoms with Crippen LogP contribution in [-0.4, -0.2) is 27.3 Å². The Morgan fingerprint density at radius 3 is 2.69 bits per heavy atom. The van der Waals surface area contributed by atoms with Gasteiger partial charge in [-0.25, -0.2) is 9.67 Å². The molecule has 6 nitrogen and oxygen atoms in total. The lowest BCUT2D eigenvalue weighted by Gasteiger charge is -2.15. The van der Waals surface area contributed by atoms with Gasteiger partial charge in [0, 0.05) is 0 Å². The van der Waals surface area contributed by atoms with Crippen LogP contribution in [0.5, 0.6) is 5.75 Å². The molecule has 26 heavy (non-hydrogen) atoms. The number of aryl methyl sites for hydroxylation is 1. The maximum atomic E-state index is 12.2. The second kappa shape index (κ2) is 8.14. The molecule has 3 rings (SSSR count). The van der Waals surface area contributed by atoms with E-state index in [1.54, 1.807) is 11.0 Å². The van der Waals surface area contributed by atoms with Crippen LogP contribution in [0.1, 0.15) is 24.1 Å². The molecular formula is C19H19BrN4O2. The molecule has 3 aromatic rings. The molecule has 0 unspecified atom stereocenters. The van der Waals surface area contributed by atoms with Gasteiger partial charge < -0.3 is 10.1 Å². The van der Waals surface area contributed by atoms with Gasteiger partial charge in [0.15, 0.2) is 6.61 Å². The SMILES string of the molecule is Cc1ccc(OCC(=O)N[C@H](C)c2ccc(-n3cncn3)cc2)c(Br)c1. The molecule has 0 saturated heterocycles. The first-order valence-corrected chi connectivity index (χ1v) is 8.95. The topological polar surface area (TPSA) is 69.0 Å². The Labute approximate surface area is 160 Å². The van der Waals surface area contributed by atoms with Crippen LogP contribution in [0.2, 0.25) is 0 Å². The number of nitrogens with one attached hydrogen (secondary N) is 1. The van der Waals surface area contributed by atoms with Crippen LogP contribution in [0.15, 0.2) is 59.6 Å². The van der Waals surface area contributed by atoms with Gasteiger partial charge in [0.25, 0.3) is 5.91 Å². The molecule has 7 heteroatoms. The molecule has 1 heterocycles. The molecule has 1 atom stereocenters. The van der Waals surface area contributed by atoms with Crippen LogP contribution in [0.4, 0.5) is 0 Å². The van der Waals surface area contributed by atoms with E-state index in [0.29, 0.717) is 5.75 Å². The number of carbonyl (C=O) groups is 1. The zero-order valence-corrected chi connectivity index (χ0v) is 16.1. The number of aromatic nitrogens is 3. The number of benzene rings is 2. The molecule has 134 valence electrons. The average Bonchev–Trinajstić information content (AvgIpc) is 3.16. The predicted molar refractivity (Wildman–Crippen MR) is 102 cm³/mol. The Bertz CT molecular complexity index is 879. The Morgan fingerprint density at radius 2 is 2.04 bits per heavy atom. The van der Waals surface area contributed by atoms with E-state index in [4.69, 9.17) is 4.74 Å². The van der Waals surface area contributed by atoms with Crippen molar-refractivity contribution < 1.29 is 9.53 Å². The molecule has 0 saturated carbocycles. The second-order valence-corrected chi connectivity index (χ2v) is 6.80. The zero-order chi connectivity index (χ0) is 18.5. The Kier molecular flexibility index (Phi) is 5.68. The first kappa shape index (κ1) is 18.1. The highest BCUT2D eigenvalue weighted by atomic mass is 79.9. The lowest BCUT2D eigenvalue weighted by atomic mass is 10.1. The molecule has 1 aromatic heterocycles. The van der Waals surface area contributed by atoms with Crippen molar-refractivity contribution in [2.24, 2.45) is 0 Å². The number of rotatable bonds is 6. The average molecular weight is 415 g/mol. The van der Waals surface area contributed by atoms with Gasteiger partial charge >= 0.3 is 0 Å². The maximum absolute atomic E-state index is 12.2. The lowest BCUT2D eigenvalue weighted by Crippen LogP contribution is -2.31. The van der Waals surface area contributed by atoms with Crippen LogP contribution in [0, 0.1) is 6.92 Å². The number of halogens is 1. The van der Waals surface area contributed by atoms with Crippen molar-refractivity contribution in [2.45, 2.75) is 19.9 Å². The summed E-state index contributed by atoms with van der Waals surface area (Å²) in [4.78, 5) is 16.1. The quantitative estimate of drug-likeness (QED) is 0.668. The Balaban J connectivity index is 1.55. The van der Waals surface area contributed by atoms with Crippen LogP contribution in [-0.2, 0) is 4.79 Å². The first-order chi connectivity index (χ1) is 12.5. The Morgan fingerprint density at radius 1 is 1.27 bits per heavy atom. The largest absolute Gasteiger partial charge is 0.483 e. The minimum atomic E-state index is -0.176. The van der Waals surface area contributed by atoms with E-state index in [-0.39, 0.29) is 18.6 Å². The van der Waals surface area contributed by atoms with Crippen molar-refractivity contribution in [3.63, 3.8) is 0 Å². The smallest absolute Gasteiger partial charge is 0.258 e. The van der Waals surface area contributed by atoms with Crippen LogP contribution < -0.4 is 10.1 Å². The van der Waals surface area contributed by atoms with Gasteiger partial charge in [-0.3, -0.25) is 4.79 Å². The number of amides is 1. The van der Waals surface area contributed by atoms with E-state index in [1.807, 2.05) is 56.3 Å². The number of ether oxygens (including phenoxy) is 1. The molecule has 2 aromatic carbocycles. The summed E-state index contributed by atoms with van der Waals surface area (Å²) in [6, 6.07) is 13.4. The third-order valence-corrected chi connectivity index (χ3v) is 4.52. The van der Waals surface area contributed by atoms with Crippen molar-refractivity contribution in [1.82, 2.24) is 20.1 Å². The molecule has 0 aliphatic carbocycles. The highest BCUT2D eigenvalue weighted by molar-refractivity contribution is 9.10. The summed E-state index contributed by atoms with van der Waals surface area (Å²) in [6.45, 7) is 3.89. The van der Waals surface area contributed by atoms with E-state index in [9.17, 15) is 4.79 Å². The van der Waals surface area contributed by atoms with Crippen molar-refractivity contribution in [2.75, 3.05) is 6.61 Å². The van der Waals surface area contributed by atoms with E-state index in [0.717, 1.165) is 21.3 Å². The summed E-state index contributed by atoms with van der Waals surface area (Å²) >= 11 is 3.44. The number of carbonyl (C=O) groups excluding carboxylic acids is 1. The standard InChI is InChI=1S/C19H19BrN4O2/c1-13-3-8-18(17(20)9-13)26-10-19(25)23-14(2)15-4-6-16(7-5-15)24-12-21-11-22-24/h3-9,11-12,14H,10H2,1-2H3,(H,23,25)/t14-/m1/s1. The van der Waals surface area contributed by atoms with Gasteiger partial charge in [-0.15, -0.1) is 0 Å². The van der Waals surface area contributed by atoms with E-state index < -0.39 is 0 Å². The fraction of sp³-hybridized carbons (Fsp3) is 0.211. The minimum absolute atomic E-state index is 0.0386. The lowest BCUT2D eigenvalue weighted by molar-refractivity contribution is -0.123. The number of hydrogen-bond donors (Lipinski definition) is 1. The van der Waals surface area contributed by atoms with E-state index in [1.165, 1.54) is 6.33 Å². The molecule has 0 aliphatic rings. The minimum Gasteiger partial charge on any atom is -0.483 e. The van der Waals surface area contributed by atoms with E-state index in [2.05, 4.69) is 31.3 Å². The fourth-order valence-corrected chi connectivity index (χ4v) is 3.10. The molecule has 0 bridgehead atoms. The molecule has 1 amide bonds. The summed E-state index contributed by atoms with van der Waals surface area (Å²) < 4.78 is 8.10. The normalized spacial score (nSPS) is 11.8. The molecule has 0 aliphatic heterocycles. The van der Waals surface area contributed by atoms with E-state index >= 15 is 0 Å². The van der Waals surface area contributed by atoms with Gasteiger partial charge in [-0.1, -0.05) is 18.2 Å². The van der Waals surface area contributed by atoms with Gasteiger partial charge in [0.2, 0.25) is 0 Å². The van der Waals surface area contributed by atoms with Crippen molar-refractivity contribution >= 4 is 21.8 Å². The Hall–Kier alpha value is -2.67. The van der Waals surface area contributed by atoms with Gasteiger partial charge in [-0.05, 0) is 65.2 Å². The highest BCUT2D eigenvalue weighted by Crippen LogP contribution is 2.25. The molecule has 1 N–H and O–H groups in total. The highest BCUT2D eigenvalue weighted by Gasteiger charge is 2.11. The van der Waals surface area contributed by atoms with Gasteiger partial charge in [0.1, 0.15) is 18.4 Å². The zero-order valence-electron chi connectivity index (χ0n) is 14.5. The summed E-state index contributed by atoms with van der Waals surface area (Å²) in [5, 5.41) is 7.03. The summed E-state index contributed by atoms with van der Waals surface area (Å²) in [6.07, 6.45) is 3.13. The number of hydrogen-bond acceptors (Lipinski definition) is 4. The number of nitrogens with zero attached hydrogens (tertiary/aromatic N) is 3. The fourth-order valence-electron chi connectivity index (χ4n) is 2.49. The monoisotopic (exact) mass is 414 g/mol. The summed E-state index contributed by atoms with van der Waals surface area (Å²) in [7, 11) is 0. The van der Waals surface area contributed by atoms with Crippen LogP contribution in [0.3, 0.4) is 0 Å². The second-order valence-electron chi connectivity index (χ2n) is 5.94. The van der Waals surface area contributed by atoms with Crippen molar-refractivity contribution in [3.8, 4) is 11.4 Å². The van der Waals surface area contributed by atoms with Crippen molar-refractivity contribution in [3.05, 3.63) is 70.7 Å². The van der Waals surface area contributed by atoms with Crippen LogP contribution >= 0.6 is 15.9 Å². The third-order valence-electron chi connectivity index (χ3n) is 3.90. The molecule has 0 fully saturated rings. The maximum Gasteiger partial charge on any atom is 0.258 e. The summed E-state index contributed by atoms with van der Waals surface area (Å²) in [5.41, 5.74) is 3.03.